The third-order valence-electron chi connectivity index (χ3n) is 5.54. The van der Waals surface area contributed by atoms with Crippen molar-refractivity contribution in [2.75, 3.05) is 26.4 Å². The van der Waals surface area contributed by atoms with Crippen LogP contribution in [0.2, 0.25) is 0 Å². The highest BCUT2D eigenvalue weighted by Gasteiger charge is 2.37. The fourth-order valence-corrected chi connectivity index (χ4v) is 4.14. The molecular weight excluding hydrogens is 318 g/mol. The van der Waals surface area contributed by atoms with Crippen LogP contribution in [0.3, 0.4) is 0 Å². The molecular formula is C20H27NO4. The van der Waals surface area contributed by atoms with E-state index in [0.717, 1.165) is 11.5 Å². The number of hydrogen-bond acceptors (Lipinski definition) is 4. The molecule has 0 aromatic heterocycles. The summed E-state index contributed by atoms with van der Waals surface area (Å²) in [6, 6.07) is 6.48. The summed E-state index contributed by atoms with van der Waals surface area (Å²) in [5, 5.41) is 0. The lowest BCUT2D eigenvalue weighted by atomic mass is 9.89. The van der Waals surface area contributed by atoms with E-state index in [-0.39, 0.29) is 23.9 Å². The predicted molar refractivity (Wildman–Crippen MR) is 94.1 cm³/mol. The highest BCUT2D eigenvalue weighted by atomic mass is 16.6. The number of fused-ring (bicyclic) bond motifs is 1. The van der Waals surface area contributed by atoms with Crippen molar-refractivity contribution in [1.82, 2.24) is 4.90 Å². The average molecular weight is 345 g/mol. The van der Waals surface area contributed by atoms with Crippen LogP contribution in [-0.4, -0.2) is 49.3 Å². The zero-order chi connectivity index (χ0) is 17.4. The Balaban J connectivity index is 1.53. The Labute approximate surface area is 149 Å². The first kappa shape index (κ1) is 16.7. The van der Waals surface area contributed by atoms with Gasteiger partial charge in [-0.25, -0.2) is 0 Å². The molecule has 1 aromatic carbocycles. The third kappa shape index (κ3) is 3.47. The minimum Gasteiger partial charge on any atom is -0.486 e. The van der Waals surface area contributed by atoms with Gasteiger partial charge in [-0.2, -0.15) is 0 Å². The number of carbonyl (C=O) groups is 1. The zero-order valence-electron chi connectivity index (χ0n) is 15.1. The van der Waals surface area contributed by atoms with Crippen LogP contribution >= 0.6 is 0 Å². The van der Waals surface area contributed by atoms with E-state index in [9.17, 15) is 4.79 Å². The Morgan fingerprint density at radius 2 is 1.80 bits per heavy atom. The largest absolute Gasteiger partial charge is 0.486 e. The number of carbonyl (C=O) groups excluding carboxylic acids is 1. The molecule has 4 rings (SSSR count). The topological polar surface area (TPSA) is 48.0 Å². The van der Waals surface area contributed by atoms with Gasteiger partial charge in [0.15, 0.2) is 11.5 Å². The van der Waals surface area contributed by atoms with Gasteiger partial charge in [0, 0.05) is 6.42 Å². The molecule has 1 aliphatic carbocycles. The highest BCUT2D eigenvalue weighted by Crippen LogP contribution is 2.46. The molecule has 1 aromatic rings. The monoisotopic (exact) mass is 345 g/mol. The number of amides is 1. The molecule has 0 radical (unpaired) electrons. The second-order valence-electron chi connectivity index (χ2n) is 7.59. The normalized spacial score (nSPS) is 27.0. The molecule has 1 saturated carbocycles. The van der Waals surface area contributed by atoms with Crippen LogP contribution < -0.4 is 9.47 Å². The molecule has 136 valence electrons. The van der Waals surface area contributed by atoms with Gasteiger partial charge in [0.25, 0.3) is 0 Å². The first-order chi connectivity index (χ1) is 12.1. The molecule has 5 nitrogen and oxygen atoms in total. The van der Waals surface area contributed by atoms with Gasteiger partial charge in [-0.3, -0.25) is 4.79 Å². The van der Waals surface area contributed by atoms with Crippen molar-refractivity contribution in [2.24, 2.45) is 5.92 Å². The van der Waals surface area contributed by atoms with Gasteiger partial charge in [-0.05, 0) is 56.2 Å². The van der Waals surface area contributed by atoms with Gasteiger partial charge in [0.05, 0.1) is 25.3 Å². The standard InChI is InChI=1S/C20H27NO4/c1-13-11-23-12-14(2)21(13)20(22)10-17(15-3-4-15)16-5-6-18-19(9-16)25-8-7-24-18/h5-6,9,13-15,17H,3-4,7-8,10-12H2,1-2H3. The average Bonchev–Trinajstić information content (AvgIpc) is 3.44. The molecule has 3 unspecified atom stereocenters. The molecule has 3 aliphatic rings. The van der Waals surface area contributed by atoms with Crippen molar-refractivity contribution in [2.45, 2.75) is 51.1 Å². The summed E-state index contributed by atoms with van der Waals surface area (Å²) in [5.74, 6) is 2.75. The Morgan fingerprint density at radius 1 is 1.12 bits per heavy atom. The number of rotatable bonds is 4. The van der Waals surface area contributed by atoms with Gasteiger partial charge >= 0.3 is 0 Å². The first-order valence-electron chi connectivity index (χ1n) is 9.42. The minimum absolute atomic E-state index is 0.149. The lowest BCUT2D eigenvalue weighted by Crippen LogP contribution is -2.52. The molecule has 3 atom stereocenters. The number of ether oxygens (including phenoxy) is 3. The van der Waals surface area contributed by atoms with E-state index in [1.807, 2.05) is 11.0 Å². The number of nitrogens with zero attached hydrogens (tertiary/aromatic N) is 1. The van der Waals surface area contributed by atoms with E-state index in [2.05, 4.69) is 26.0 Å². The maximum absolute atomic E-state index is 13.0. The lowest BCUT2D eigenvalue weighted by molar-refractivity contribution is -0.144. The van der Waals surface area contributed by atoms with Crippen LogP contribution in [0.1, 0.15) is 44.6 Å². The maximum atomic E-state index is 13.0. The second kappa shape index (κ2) is 6.87. The van der Waals surface area contributed by atoms with Crippen LogP contribution in [-0.2, 0) is 9.53 Å². The number of hydrogen-bond donors (Lipinski definition) is 0. The Morgan fingerprint density at radius 3 is 2.48 bits per heavy atom. The fraction of sp³-hybridized carbons (Fsp3) is 0.650. The van der Waals surface area contributed by atoms with E-state index in [1.54, 1.807) is 0 Å². The predicted octanol–water partition coefficient (Wildman–Crippen LogP) is 2.98. The van der Waals surface area contributed by atoms with E-state index in [1.165, 1.54) is 18.4 Å². The van der Waals surface area contributed by atoms with Gasteiger partial charge in [-0.1, -0.05) is 6.07 Å². The third-order valence-corrected chi connectivity index (χ3v) is 5.54. The molecule has 0 bridgehead atoms. The molecule has 0 spiro atoms. The van der Waals surface area contributed by atoms with Crippen molar-refractivity contribution in [3.05, 3.63) is 23.8 Å². The van der Waals surface area contributed by atoms with Crippen molar-refractivity contribution in [3.8, 4) is 11.5 Å². The van der Waals surface area contributed by atoms with Crippen LogP contribution in [0.15, 0.2) is 18.2 Å². The van der Waals surface area contributed by atoms with E-state index >= 15 is 0 Å². The van der Waals surface area contributed by atoms with Gasteiger partial charge in [0.1, 0.15) is 13.2 Å². The Kier molecular flexibility index (Phi) is 4.59. The molecule has 2 fully saturated rings. The van der Waals surface area contributed by atoms with Crippen LogP contribution in [0.4, 0.5) is 0 Å². The van der Waals surface area contributed by atoms with E-state index in [4.69, 9.17) is 14.2 Å². The molecule has 0 N–H and O–H groups in total. The molecule has 5 heteroatoms. The summed E-state index contributed by atoms with van der Waals surface area (Å²) >= 11 is 0. The summed E-state index contributed by atoms with van der Waals surface area (Å²) in [6.07, 6.45) is 2.99. The molecule has 1 saturated heterocycles. The molecule has 1 amide bonds. The molecule has 25 heavy (non-hydrogen) atoms. The fourth-order valence-electron chi connectivity index (χ4n) is 4.14. The minimum atomic E-state index is 0.149. The summed E-state index contributed by atoms with van der Waals surface area (Å²) in [4.78, 5) is 15.1. The Hall–Kier alpha value is -1.75. The van der Waals surface area contributed by atoms with Gasteiger partial charge in [-0.15, -0.1) is 0 Å². The zero-order valence-corrected chi connectivity index (χ0v) is 15.1. The maximum Gasteiger partial charge on any atom is 0.223 e. The lowest BCUT2D eigenvalue weighted by Gasteiger charge is -2.39. The van der Waals surface area contributed by atoms with Crippen LogP contribution in [0, 0.1) is 5.92 Å². The number of morpholine rings is 1. The van der Waals surface area contributed by atoms with Crippen LogP contribution in [0.5, 0.6) is 11.5 Å². The number of benzene rings is 1. The summed E-state index contributed by atoms with van der Waals surface area (Å²) < 4.78 is 16.9. The van der Waals surface area contributed by atoms with Crippen LogP contribution in [0.25, 0.3) is 0 Å². The van der Waals surface area contributed by atoms with Crippen molar-refractivity contribution in [3.63, 3.8) is 0 Å². The SMILES string of the molecule is CC1COCC(C)N1C(=O)CC(c1ccc2c(c1)OCCO2)C1CC1. The highest BCUT2D eigenvalue weighted by molar-refractivity contribution is 5.78. The van der Waals surface area contributed by atoms with Crippen molar-refractivity contribution >= 4 is 5.91 Å². The summed E-state index contributed by atoms with van der Waals surface area (Å²) in [5.41, 5.74) is 1.20. The van der Waals surface area contributed by atoms with Gasteiger partial charge in [0.2, 0.25) is 5.91 Å². The second-order valence-corrected chi connectivity index (χ2v) is 7.59. The van der Waals surface area contributed by atoms with E-state index in [0.29, 0.717) is 38.8 Å². The quantitative estimate of drug-likeness (QED) is 0.842. The van der Waals surface area contributed by atoms with E-state index < -0.39 is 0 Å². The summed E-state index contributed by atoms with van der Waals surface area (Å²) in [6.45, 7) is 6.60. The Bertz CT molecular complexity index is 633. The van der Waals surface area contributed by atoms with Gasteiger partial charge < -0.3 is 19.1 Å². The molecule has 2 heterocycles. The van der Waals surface area contributed by atoms with Crippen molar-refractivity contribution in [1.29, 1.82) is 0 Å². The molecule has 2 aliphatic heterocycles. The van der Waals surface area contributed by atoms with Crippen molar-refractivity contribution < 1.29 is 19.0 Å². The summed E-state index contributed by atoms with van der Waals surface area (Å²) in [7, 11) is 0. The smallest absolute Gasteiger partial charge is 0.223 e. The first-order valence-corrected chi connectivity index (χ1v) is 9.42.